The topological polar surface area (TPSA) is 77.8 Å². The Morgan fingerprint density at radius 2 is 1.33 bits per heavy atom. The average Bonchev–Trinajstić information content (AvgIpc) is 2.38. The van der Waals surface area contributed by atoms with E-state index in [4.69, 9.17) is 4.55 Å². The number of unbranched alkanes of at least 4 members (excludes halogenated alkanes) is 9. The van der Waals surface area contributed by atoms with Crippen LogP contribution in [0.3, 0.4) is 0 Å². The summed E-state index contributed by atoms with van der Waals surface area (Å²) < 4.78 is 30.0. The van der Waals surface area contributed by atoms with Crippen LogP contribution in [0.15, 0.2) is 0 Å². The van der Waals surface area contributed by atoms with E-state index in [0.29, 0.717) is 6.54 Å². The van der Waals surface area contributed by atoms with Crippen molar-refractivity contribution in [1.82, 2.24) is 4.90 Å². The summed E-state index contributed by atoms with van der Waals surface area (Å²) >= 11 is 0. The molecule has 1 unspecified atom stereocenters. The Morgan fingerprint density at radius 1 is 0.905 bits per heavy atom. The molecule has 21 heavy (non-hydrogen) atoms. The summed E-state index contributed by atoms with van der Waals surface area (Å²) in [5, 5.41) is 9.58. The SMILES string of the molecule is CCCCCCCCCCCCN(C)C(O)CS(=O)(=O)O. The Morgan fingerprint density at radius 3 is 1.76 bits per heavy atom. The lowest BCUT2D eigenvalue weighted by atomic mass is 10.1. The van der Waals surface area contributed by atoms with Gasteiger partial charge in [0, 0.05) is 6.54 Å². The molecule has 0 aliphatic rings. The van der Waals surface area contributed by atoms with E-state index < -0.39 is 22.1 Å². The lowest BCUT2D eigenvalue weighted by Crippen LogP contribution is -2.37. The third kappa shape index (κ3) is 14.5. The van der Waals surface area contributed by atoms with E-state index in [2.05, 4.69) is 6.92 Å². The lowest BCUT2D eigenvalue weighted by Gasteiger charge is -2.22. The fourth-order valence-corrected chi connectivity index (χ4v) is 2.94. The minimum absolute atomic E-state index is 0.624. The van der Waals surface area contributed by atoms with Gasteiger partial charge < -0.3 is 5.11 Å². The predicted octanol–water partition coefficient (Wildman–Crippen LogP) is 3.05. The van der Waals surface area contributed by atoms with Gasteiger partial charge in [-0.3, -0.25) is 9.45 Å². The molecule has 0 aromatic heterocycles. The fourth-order valence-electron chi connectivity index (χ4n) is 2.31. The zero-order valence-corrected chi connectivity index (χ0v) is 14.4. The molecule has 0 fully saturated rings. The zero-order valence-electron chi connectivity index (χ0n) is 13.6. The number of rotatable bonds is 14. The normalized spacial score (nSPS) is 13.8. The van der Waals surface area contributed by atoms with Crippen molar-refractivity contribution in [2.24, 2.45) is 0 Å². The first-order valence-electron chi connectivity index (χ1n) is 8.20. The summed E-state index contributed by atoms with van der Waals surface area (Å²) in [7, 11) is -2.44. The second kappa shape index (κ2) is 12.4. The van der Waals surface area contributed by atoms with Gasteiger partial charge in [0.05, 0.1) is 0 Å². The van der Waals surface area contributed by atoms with E-state index in [1.165, 1.54) is 51.4 Å². The van der Waals surface area contributed by atoms with Crippen molar-refractivity contribution in [2.45, 2.75) is 77.4 Å². The highest BCUT2D eigenvalue weighted by Crippen LogP contribution is 2.11. The minimum atomic E-state index is -4.11. The maximum atomic E-state index is 10.7. The second-order valence-electron chi connectivity index (χ2n) is 5.89. The van der Waals surface area contributed by atoms with Crippen molar-refractivity contribution >= 4 is 10.1 Å². The number of hydrogen-bond donors (Lipinski definition) is 2. The molecule has 0 aliphatic carbocycles. The third-order valence-corrected chi connectivity index (χ3v) is 4.45. The summed E-state index contributed by atoms with van der Waals surface area (Å²) in [4.78, 5) is 1.57. The standard InChI is InChI=1S/C15H33NO4S/c1-3-4-5-6-7-8-9-10-11-12-13-16(2)15(17)14-21(18,19)20/h15,17H,3-14H2,1-2H3,(H,18,19,20). The van der Waals surface area contributed by atoms with Gasteiger partial charge in [-0.25, -0.2) is 0 Å². The van der Waals surface area contributed by atoms with Crippen molar-refractivity contribution < 1.29 is 18.1 Å². The summed E-state index contributed by atoms with van der Waals surface area (Å²) in [5.41, 5.74) is 0. The van der Waals surface area contributed by atoms with Crippen molar-refractivity contribution in [3.63, 3.8) is 0 Å². The van der Waals surface area contributed by atoms with E-state index in [0.717, 1.165) is 12.8 Å². The third-order valence-electron chi connectivity index (χ3n) is 3.73. The van der Waals surface area contributed by atoms with Gasteiger partial charge in [-0.05, 0) is 13.5 Å². The minimum Gasteiger partial charge on any atom is -0.377 e. The lowest BCUT2D eigenvalue weighted by molar-refractivity contribution is 0.0389. The van der Waals surface area contributed by atoms with Crippen LogP contribution in [0, 0.1) is 0 Å². The molecule has 0 aromatic carbocycles. The van der Waals surface area contributed by atoms with E-state index in [9.17, 15) is 13.5 Å². The quantitative estimate of drug-likeness (QED) is 0.292. The molecule has 0 saturated heterocycles. The largest absolute Gasteiger partial charge is 0.377 e. The Balaban J connectivity index is 3.42. The van der Waals surface area contributed by atoms with E-state index in [-0.39, 0.29) is 0 Å². The van der Waals surface area contributed by atoms with Crippen LogP contribution >= 0.6 is 0 Å². The van der Waals surface area contributed by atoms with E-state index in [1.807, 2.05) is 0 Å². The number of hydrogen-bond acceptors (Lipinski definition) is 4. The first-order chi connectivity index (χ1) is 9.87. The molecule has 0 aromatic rings. The van der Waals surface area contributed by atoms with Gasteiger partial charge in [-0.1, -0.05) is 64.7 Å². The molecule has 2 N–H and O–H groups in total. The maximum Gasteiger partial charge on any atom is 0.268 e. The second-order valence-corrected chi connectivity index (χ2v) is 7.39. The molecule has 0 saturated carbocycles. The first-order valence-corrected chi connectivity index (χ1v) is 9.81. The molecule has 0 aliphatic heterocycles. The van der Waals surface area contributed by atoms with Crippen LogP contribution in [0.5, 0.6) is 0 Å². The first kappa shape index (κ1) is 20.8. The van der Waals surface area contributed by atoms with E-state index >= 15 is 0 Å². The molecule has 0 rings (SSSR count). The summed E-state index contributed by atoms with van der Waals surface area (Å²) in [5.74, 6) is -0.624. The number of aliphatic hydroxyl groups is 1. The Kier molecular flexibility index (Phi) is 12.3. The van der Waals surface area contributed by atoms with Crippen molar-refractivity contribution in [3.05, 3.63) is 0 Å². The van der Waals surface area contributed by atoms with Crippen molar-refractivity contribution in [2.75, 3.05) is 19.3 Å². The monoisotopic (exact) mass is 323 g/mol. The molecule has 0 spiro atoms. The van der Waals surface area contributed by atoms with Crippen LogP contribution in [0.4, 0.5) is 0 Å². The molecule has 0 bridgehead atoms. The Bertz CT molecular complexity index is 333. The zero-order chi connectivity index (χ0) is 16.1. The maximum absolute atomic E-state index is 10.7. The van der Waals surface area contributed by atoms with Gasteiger partial charge in [-0.15, -0.1) is 0 Å². The van der Waals surface area contributed by atoms with Crippen LogP contribution in [0.1, 0.15) is 71.1 Å². The average molecular weight is 323 g/mol. The highest BCUT2D eigenvalue weighted by molar-refractivity contribution is 7.85. The van der Waals surface area contributed by atoms with Gasteiger partial charge in [0.1, 0.15) is 12.0 Å². The number of aliphatic hydroxyl groups excluding tert-OH is 1. The Hall–Kier alpha value is -0.170. The Labute approximate surface area is 130 Å². The molecule has 0 radical (unpaired) electrons. The summed E-state index contributed by atoms with van der Waals surface area (Å²) in [6, 6.07) is 0. The molecule has 1 atom stereocenters. The van der Waals surface area contributed by atoms with Gasteiger partial charge in [0.2, 0.25) is 0 Å². The highest BCUT2D eigenvalue weighted by Gasteiger charge is 2.17. The smallest absolute Gasteiger partial charge is 0.268 e. The van der Waals surface area contributed by atoms with Crippen LogP contribution < -0.4 is 0 Å². The summed E-state index contributed by atoms with van der Waals surface area (Å²) in [6.07, 6.45) is 11.3. The van der Waals surface area contributed by atoms with Gasteiger partial charge in [-0.2, -0.15) is 8.42 Å². The predicted molar refractivity (Wildman–Crippen MR) is 86.9 cm³/mol. The van der Waals surface area contributed by atoms with Crippen molar-refractivity contribution in [1.29, 1.82) is 0 Å². The molecule has 128 valence electrons. The molecular weight excluding hydrogens is 290 g/mol. The van der Waals surface area contributed by atoms with E-state index in [1.54, 1.807) is 11.9 Å². The molecule has 0 heterocycles. The summed E-state index contributed by atoms with van der Waals surface area (Å²) in [6.45, 7) is 2.87. The molecule has 5 nitrogen and oxygen atoms in total. The van der Waals surface area contributed by atoms with Gasteiger partial charge in [0.25, 0.3) is 10.1 Å². The van der Waals surface area contributed by atoms with Crippen LogP contribution in [0.2, 0.25) is 0 Å². The van der Waals surface area contributed by atoms with Crippen LogP contribution in [-0.4, -0.2) is 48.6 Å². The van der Waals surface area contributed by atoms with Gasteiger partial charge in [0.15, 0.2) is 0 Å². The fraction of sp³-hybridized carbons (Fsp3) is 1.00. The number of nitrogens with zero attached hydrogens (tertiary/aromatic N) is 1. The molecule has 6 heteroatoms. The molecular formula is C15H33NO4S. The van der Waals surface area contributed by atoms with Crippen LogP contribution in [0.25, 0.3) is 0 Å². The van der Waals surface area contributed by atoms with Gasteiger partial charge >= 0.3 is 0 Å². The van der Waals surface area contributed by atoms with Crippen LogP contribution in [-0.2, 0) is 10.1 Å². The van der Waals surface area contributed by atoms with Crippen molar-refractivity contribution in [3.8, 4) is 0 Å². The molecule has 0 amide bonds. The highest BCUT2D eigenvalue weighted by atomic mass is 32.2.